The lowest BCUT2D eigenvalue weighted by atomic mass is 9.82. The molecule has 0 amide bonds. The molecule has 0 saturated carbocycles. The zero-order valence-corrected chi connectivity index (χ0v) is 14.2. The van der Waals surface area contributed by atoms with Crippen LogP contribution in [0.2, 0.25) is 0 Å². The van der Waals surface area contributed by atoms with E-state index in [-0.39, 0.29) is 17.3 Å². The second-order valence-corrected chi connectivity index (χ2v) is 7.01. The summed E-state index contributed by atoms with van der Waals surface area (Å²) in [5.74, 6) is 0.551. The summed E-state index contributed by atoms with van der Waals surface area (Å²) in [5, 5.41) is 4.21. The Morgan fingerprint density at radius 3 is 2.55 bits per heavy atom. The van der Waals surface area contributed by atoms with Crippen LogP contribution in [0.3, 0.4) is 0 Å². The maximum absolute atomic E-state index is 13.1. The Hall–Kier alpha value is -1.53. The van der Waals surface area contributed by atoms with E-state index in [1.54, 1.807) is 7.11 Å². The summed E-state index contributed by atoms with van der Waals surface area (Å²) in [4.78, 5) is 4.49. The number of benzene rings is 1. The van der Waals surface area contributed by atoms with E-state index >= 15 is 0 Å². The number of anilines is 1. The van der Waals surface area contributed by atoms with Crippen LogP contribution in [0.15, 0.2) is 24.3 Å². The first-order chi connectivity index (χ1) is 10.4. The lowest BCUT2D eigenvalue weighted by Gasteiger charge is -2.31. The third-order valence-electron chi connectivity index (χ3n) is 3.34. The maximum Gasteiger partial charge on any atom is 0.203 e. The Labute approximate surface area is 134 Å². The molecular weight excluding hydrogens is 301 g/mol. The van der Waals surface area contributed by atoms with Crippen LogP contribution in [0.25, 0.3) is 0 Å². The van der Waals surface area contributed by atoms with Crippen molar-refractivity contribution in [1.29, 1.82) is 0 Å². The topological polar surface area (TPSA) is 47.0 Å². The molecule has 0 bridgehead atoms. The van der Waals surface area contributed by atoms with E-state index in [1.165, 1.54) is 23.7 Å². The van der Waals surface area contributed by atoms with Crippen LogP contribution in [0.5, 0.6) is 0 Å². The van der Waals surface area contributed by atoms with Crippen molar-refractivity contribution >= 4 is 16.7 Å². The maximum atomic E-state index is 13.1. The number of hydrogen-bond donors (Lipinski definition) is 1. The summed E-state index contributed by atoms with van der Waals surface area (Å²) in [6.45, 7) is 7.03. The molecule has 1 aromatic carbocycles. The fraction of sp³-hybridized carbons (Fsp3) is 0.500. The molecule has 2 aromatic rings. The van der Waals surface area contributed by atoms with Gasteiger partial charge in [-0.2, -0.15) is 4.37 Å². The van der Waals surface area contributed by atoms with Gasteiger partial charge < -0.3 is 10.1 Å². The van der Waals surface area contributed by atoms with Gasteiger partial charge in [0.1, 0.15) is 11.6 Å². The standard InChI is InChI=1S/C16H22FN3OS/c1-16(2,3)14(11-5-7-12(17)8-6-11)19-15-18-13(20-22-15)9-10-21-4/h5-8,14H,9-10H2,1-4H3,(H,18,19,20). The fourth-order valence-corrected chi connectivity index (χ4v) is 2.83. The van der Waals surface area contributed by atoms with Crippen molar-refractivity contribution in [3.05, 3.63) is 41.5 Å². The van der Waals surface area contributed by atoms with Gasteiger partial charge in [-0.1, -0.05) is 32.9 Å². The first-order valence-electron chi connectivity index (χ1n) is 7.23. The highest BCUT2D eigenvalue weighted by Crippen LogP contribution is 2.36. The van der Waals surface area contributed by atoms with Gasteiger partial charge in [-0.15, -0.1) is 0 Å². The summed E-state index contributed by atoms with van der Waals surface area (Å²) >= 11 is 1.34. The van der Waals surface area contributed by atoms with Crippen LogP contribution in [0.4, 0.5) is 9.52 Å². The van der Waals surface area contributed by atoms with E-state index in [0.717, 1.165) is 16.5 Å². The second-order valence-electron chi connectivity index (χ2n) is 6.25. The fourth-order valence-electron chi connectivity index (χ4n) is 2.19. The average molecular weight is 323 g/mol. The number of ether oxygens (including phenoxy) is 1. The smallest absolute Gasteiger partial charge is 0.203 e. The molecular formula is C16H22FN3OS. The average Bonchev–Trinajstić information content (AvgIpc) is 2.90. The van der Waals surface area contributed by atoms with Crippen molar-refractivity contribution in [3.63, 3.8) is 0 Å². The van der Waals surface area contributed by atoms with Gasteiger partial charge in [0.15, 0.2) is 0 Å². The predicted molar refractivity (Wildman–Crippen MR) is 87.7 cm³/mol. The molecule has 1 atom stereocenters. The summed E-state index contributed by atoms with van der Waals surface area (Å²) < 4.78 is 22.5. The minimum absolute atomic E-state index is 0.0244. The zero-order valence-electron chi connectivity index (χ0n) is 13.4. The van der Waals surface area contributed by atoms with Crippen molar-refractivity contribution in [1.82, 2.24) is 9.36 Å². The van der Waals surface area contributed by atoms with Crippen LogP contribution in [0.1, 0.15) is 38.2 Å². The summed E-state index contributed by atoms with van der Waals surface area (Å²) in [5.41, 5.74) is 0.985. The Kier molecular flexibility index (Phi) is 5.47. The molecule has 0 saturated heterocycles. The second kappa shape index (κ2) is 7.15. The molecule has 6 heteroatoms. The molecule has 4 nitrogen and oxygen atoms in total. The van der Waals surface area contributed by atoms with Gasteiger partial charge in [0, 0.05) is 25.1 Å². The number of nitrogens with zero attached hydrogens (tertiary/aromatic N) is 2. The summed E-state index contributed by atoms with van der Waals surface area (Å²) in [6, 6.07) is 6.62. The molecule has 1 N–H and O–H groups in total. The number of nitrogens with one attached hydrogen (secondary N) is 1. The lowest BCUT2D eigenvalue weighted by molar-refractivity contribution is 0.201. The van der Waals surface area contributed by atoms with Gasteiger partial charge in [-0.25, -0.2) is 9.37 Å². The Morgan fingerprint density at radius 2 is 1.95 bits per heavy atom. The van der Waals surface area contributed by atoms with Gasteiger partial charge >= 0.3 is 0 Å². The van der Waals surface area contributed by atoms with E-state index in [4.69, 9.17) is 4.74 Å². The molecule has 1 aromatic heterocycles. The molecule has 0 aliphatic carbocycles. The molecule has 1 heterocycles. The van der Waals surface area contributed by atoms with E-state index < -0.39 is 0 Å². The number of aromatic nitrogens is 2. The van der Waals surface area contributed by atoms with Crippen LogP contribution in [-0.2, 0) is 11.2 Å². The van der Waals surface area contributed by atoms with Gasteiger partial charge in [0.2, 0.25) is 5.13 Å². The zero-order chi connectivity index (χ0) is 16.2. The third kappa shape index (κ3) is 4.48. The molecule has 22 heavy (non-hydrogen) atoms. The highest BCUT2D eigenvalue weighted by Gasteiger charge is 2.27. The van der Waals surface area contributed by atoms with Crippen molar-refractivity contribution < 1.29 is 9.13 Å². The van der Waals surface area contributed by atoms with Gasteiger partial charge in [0.05, 0.1) is 12.6 Å². The molecule has 0 radical (unpaired) electrons. The molecule has 0 spiro atoms. The number of methoxy groups -OCH3 is 1. The Bertz CT molecular complexity index is 592. The third-order valence-corrected chi connectivity index (χ3v) is 4.02. The largest absolute Gasteiger partial charge is 0.384 e. The summed E-state index contributed by atoms with van der Waals surface area (Å²) in [7, 11) is 1.66. The quantitative estimate of drug-likeness (QED) is 0.870. The van der Waals surface area contributed by atoms with E-state index in [2.05, 4.69) is 35.4 Å². The number of halogens is 1. The Balaban J connectivity index is 2.17. The van der Waals surface area contributed by atoms with Crippen LogP contribution >= 0.6 is 11.5 Å². The van der Waals surface area contributed by atoms with Crippen molar-refractivity contribution in [3.8, 4) is 0 Å². The number of rotatable bonds is 6. The first-order valence-corrected chi connectivity index (χ1v) is 8.01. The van der Waals surface area contributed by atoms with Crippen LogP contribution in [-0.4, -0.2) is 23.1 Å². The normalized spacial score (nSPS) is 13.1. The molecule has 0 aliphatic heterocycles. The Morgan fingerprint density at radius 1 is 1.27 bits per heavy atom. The highest BCUT2D eigenvalue weighted by atomic mass is 32.1. The van der Waals surface area contributed by atoms with E-state index in [1.807, 2.05) is 12.1 Å². The van der Waals surface area contributed by atoms with Gasteiger partial charge in [-0.3, -0.25) is 0 Å². The predicted octanol–water partition coefficient (Wildman–Crippen LogP) is 4.07. The monoisotopic (exact) mass is 323 g/mol. The number of hydrogen-bond acceptors (Lipinski definition) is 5. The summed E-state index contributed by atoms with van der Waals surface area (Å²) in [6.07, 6.45) is 0.700. The minimum Gasteiger partial charge on any atom is -0.384 e. The molecule has 1 unspecified atom stereocenters. The van der Waals surface area contributed by atoms with E-state index in [9.17, 15) is 4.39 Å². The highest BCUT2D eigenvalue weighted by molar-refractivity contribution is 7.09. The molecule has 2 rings (SSSR count). The minimum atomic E-state index is -0.228. The SMILES string of the molecule is COCCc1nsc(NC(c2ccc(F)cc2)C(C)(C)C)n1. The van der Waals surface area contributed by atoms with Crippen molar-refractivity contribution in [2.24, 2.45) is 5.41 Å². The lowest BCUT2D eigenvalue weighted by Crippen LogP contribution is -2.25. The molecule has 120 valence electrons. The molecule has 0 aliphatic rings. The first kappa shape index (κ1) is 16.8. The molecule has 0 fully saturated rings. The van der Waals surface area contributed by atoms with Gasteiger partial charge in [0.25, 0.3) is 0 Å². The van der Waals surface area contributed by atoms with Crippen molar-refractivity contribution in [2.75, 3.05) is 19.0 Å². The van der Waals surface area contributed by atoms with Gasteiger partial charge in [-0.05, 0) is 23.1 Å². The van der Waals surface area contributed by atoms with Crippen LogP contribution in [0, 0.1) is 11.2 Å². The van der Waals surface area contributed by atoms with Crippen molar-refractivity contribution in [2.45, 2.75) is 33.2 Å². The van der Waals surface area contributed by atoms with E-state index in [0.29, 0.717) is 13.0 Å². The van der Waals surface area contributed by atoms with Crippen LogP contribution < -0.4 is 5.32 Å².